The number of carbonyl (C=O) groups is 3. The van der Waals surface area contributed by atoms with Gasteiger partial charge in [-0.05, 0) is 18.6 Å². The van der Waals surface area contributed by atoms with Crippen LogP contribution in [0.2, 0.25) is 0 Å². The molecule has 0 saturated heterocycles. The fraction of sp³-hybridized carbons (Fsp3) is 0.476. The Morgan fingerprint density at radius 2 is 1.88 bits per heavy atom. The van der Waals surface area contributed by atoms with Crippen molar-refractivity contribution in [1.29, 1.82) is 0 Å². The molecule has 0 unspecified atom stereocenters. The summed E-state index contributed by atoms with van der Waals surface area (Å²) < 4.78 is 20.9. The molecular weight excluding hydrogens is 420 g/mol. The second kappa shape index (κ2) is 10.1. The Balaban J connectivity index is 1.34. The van der Waals surface area contributed by atoms with Gasteiger partial charge in [0.25, 0.3) is 5.91 Å². The van der Waals surface area contributed by atoms with Crippen LogP contribution in [0.4, 0.5) is 10.5 Å². The van der Waals surface area contributed by atoms with Gasteiger partial charge in [-0.25, -0.2) is 4.79 Å². The predicted molar refractivity (Wildman–Crippen MR) is 111 cm³/mol. The summed E-state index contributed by atoms with van der Waals surface area (Å²) in [5, 5.41) is 8.51. The molecular formula is C21H26N4O7. The highest BCUT2D eigenvalue weighted by atomic mass is 16.6. The van der Waals surface area contributed by atoms with Crippen LogP contribution in [-0.4, -0.2) is 47.9 Å². The molecule has 11 nitrogen and oxygen atoms in total. The van der Waals surface area contributed by atoms with Gasteiger partial charge >= 0.3 is 12.0 Å². The van der Waals surface area contributed by atoms with Crippen molar-refractivity contribution in [2.45, 2.75) is 45.4 Å². The molecule has 11 heteroatoms. The van der Waals surface area contributed by atoms with Crippen LogP contribution in [0, 0.1) is 0 Å². The van der Waals surface area contributed by atoms with Crippen molar-refractivity contribution in [3.05, 3.63) is 29.9 Å². The van der Waals surface area contributed by atoms with E-state index in [1.165, 1.54) is 0 Å². The van der Waals surface area contributed by atoms with Gasteiger partial charge in [-0.3, -0.25) is 14.9 Å². The summed E-state index contributed by atoms with van der Waals surface area (Å²) in [6, 6.07) is 4.11. The zero-order valence-electron chi connectivity index (χ0n) is 18.2. The van der Waals surface area contributed by atoms with Crippen LogP contribution in [-0.2, 0) is 26.2 Å². The van der Waals surface area contributed by atoms with Gasteiger partial charge in [0.1, 0.15) is 13.2 Å². The van der Waals surface area contributed by atoms with Crippen molar-refractivity contribution >= 4 is 23.6 Å². The zero-order valence-corrected chi connectivity index (χ0v) is 18.2. The lowest BCUT2D eigenvalue weighted by atomic mass is 9.96. The standard InChI is InChI=1S/C21H26N4O7/c1-21(2,3)19-24-17(32-25-19)5-4-6-18(27)31-12-16(26)23-20(28)22-13-7-8-14-15(11-13)30-10-9-29-14/h7-8,11H,4-6,9-10,12H2,1-3H3,(H2,22,23,26,28). The second-order valence-electron chi connectivity index (χ2n) is 8.14. The normalized spacial score (nSPS) is 12.7. The Kier molecular flexibility index (Phi) is 7.29. The van der Waals surface area contributed by atoms with E-state index < -0.39 is 24.5 Å². The molecule has 172 valence electrons. The summed E-state index contributed by atoms with van der Waals surface area (Å²) in [4.78, 5) is 39.9. The first-order valence-corrected chi connectivity index (χ1v) is 10.2. The molecule has 1 aromatic carbocycles. The van der Waals surface area contributed by atoms with Crippen molar-refractivity contribution in [3.63, 3.8) is 0 Å². The molecule has 3 amide bonds. The van der Waals surface area contributed by atoms with Crippen LogP contribution >= 0.6 is 0 Å². The molecule has 0 atom stereocenters. The van der Waals surface area contributed by atoms with Crippen LogP contribution in [0.5, 0.6) is 11.5 Å². The highest BCUT2D eigenvalue weighted by Gasteiger charge is 2.21. The average Bonchev–Trinajstić information content (AvgIpc) is 3.21. The Bertz CT molecular complexity index is 981. The Morgan fingerprint density at radius 1 is 1.12 bits per heavy atom. The van der Waals surface area contributed by atoms with Crippen LogP contribution in [0.15, 0.2) is 22.7 Å². The molecule has 0 aliphatic carbocycles. The number of anilines is 1. The monoisotopic (exact) mass is 446 g/mol. The van der Waals surface area contributed by atoms with Gasteiger partial charge in [-0.1, -0.05) is 25.9 Å². The molecule has 2 aromatic rings. The van der Waals surface area contributed by atoms with Crippen LogP contribution in [0.1, 0.15) is 45.3 Å². The van der Waals surface area contributed by atoms with Crippen LogP contribution in [0.25, 0.3) is 0 Å². The maximum absolute atomic E-state index is 12.0. The lowest BCUT2D eigenvalue weighted by Gasteiger charge is -2.19. The van der Waals surface area contributed by atoms with Gasteiger partial charge in [0.05, 0.1) is 0 Å². The van der Waals surface area contributed by atoms with Gasteiger partial charge in [0.15, 0.2) is 23.9 Å². The molecule has 0 bridgehead atoms. The maximum atomic E-state index is 12.0. The number of aryl methyl sites for hydroxylation is 1. The smallest absolute Gasteiger partial charge is 0.325 e. The van der Waals surface area contributed by atoms with Crippen molar-refractivity contribution < 1.29 is 33.1 Å². The zero-order chi connectivity index (χ0) is 23.1. The largest absolute Gasteiger partial charge is 0.486 e. The van der Waals surface area contributed by atoms with E-state index in [-0.39, 0.29) is 11.8 Å². The number of hydrogen-bond acceptors (Lipinski definition) is 9. The van der Waals surface area contributed by atoms with E-state index in [0.29, 0.717) is 55.0 Å². The lowest BCUT2D eigenvalue weighted by molar-refractivity contribution is -0.148. The Labute approximate surface area is 184 Å². The van der Waals surface area contributed by atoms with Crippen LogP contribution in [0.3, 0.4) is 0 Å². The summed E-state index contributed by atoms with van der Waals surface area (Å²) in [6.45, 7) is 6.23. The summed E-state index contributed by atoms with van der Waals surface area (Å²) in [5.41, 5.74) is 0.204. The number of nitrogens with zero attached hydrogens (tertiary/aromatic N) is 2. The van der Waals surface area contributed by atoms with E-state index in [0.717, 1.165) is 0 Å². The summed E-state index contributed by atoms with van der Waals surface area (Å²) in [7, 11) is 0. The van der Waals surface area contributed by atoms with Gasteiger partial charge in [-0.2, -0.15) is 4.98 Å². The third-order valence-electron chi connectivity index (χ3n) is 4.33. The minimum absolute atomic E-state index is 0.0733. The van der Waals surface area contributed by atoms with E-state index in [1.807, 2.05) is 20.8 Å². The number of nitrogens with one attached hydrogen (secondary N) is 2. The Hall–Kier alpha value is -3.63. The van der Waals surface area contributed by atoms with E-state index in [1.54, 1.807) is 18.2 Å². The number of ether oxygens (including phenoxy) is 3. The molecule has 1 aliphatic rings. The highest BCUT2D eigenvalue weighted by Crippen LogP contribution is 2.32. The topological polar surface area (TPSA) is 142 Å². The molecule has 1 aliphatic heterocycles. The van der Waals surface area contributed by atoms with E-state index in [4.69, 9.17) is 18.7 Å². The minimum atomic E-state index is -0.756. The molecule has 1 aromatic heterocycles. The number of imide groups is 1. The van der Waals surface area contributed by atoms with E-state index in [2.05, 4.69) is 20.8 Å². The molecule has 0 fully saturated rings. The number of benzene rings is 1. The predicted octanol–water partition coefficient (Wildman–Crippen LogP) is 2.35. The number of hydrogen-bond donors (Lipinski definition) is 2. The number of esters is 1. The van der Waals surface area contributed by atoms with Gasteiger partial charge in [0.2, 0.25) is 5.89 Å². The molecule has 2 N–H and O–H groups in total. The number of aromatic nitrogens is 2. The lowest BCUT2D eigenvalue weighted by Crippen LogP contribution is -2.37. The first-order chi connectivity index (χ1) is 15.2. The van der Waals surface area contributed by atoms with Crippen molar-refractivity contribution in [2.75, 3.05) is 25.1 Å². The molecule has 3 rings (SSSR count). The highest BCUT2D eigenvalue weighted by molar-refractivity contribution is 6.02. The van der Waals surface area contributed by atoms with E-state index >= 15 is 0 Å². The number of carbonyl (C=O) groups excluding carboxylic acids is 3. The summed E-state index contributed by atoms with van der Waals surface area (Å²) in [5.74, 6) is 0.809. The molecule has 0 radical (unpaired) electrons. The number of amides is 3. The Morgan fingerprint density at radius 3 is 2.59 bits per heavy atom. The minimum Gasteiger partial charge on any atom is -0.486 e. The third-order valence-corrected chi connectivity index (χ3v) is 4.33. The summed E-state index contributed by atoms with van der Waals surface area (Å²) >= 11 is 0. The van der Waals surface area contributed by atoms with Gasteiger partial charge in [0, 0.05) is 30.0 Å². The number of fused-ring (bicyclic) bond motifs is 1. The fourth-order valence-corrected chi connectivity index (χ4v) is 2.71. The third kappa shape index (κ3) is 6.69. The van der Waals surface area contributed by atoms with Gasteiger partial charge < -0.3 is 24.1 Å². The van der Waals surface area contributed by atoms with E-state index in [9.17, 15) is 14.4 Å². The van der Waals surface area contributed by atoms with Crippen molar-refractivity contribution in [2.24, 2.45) is 0 Å². The van der Waals surface area contributed by atoms with Crippen molar-refractivity contribution in [3.8, 4) is 11.5 Å². The molecule has 32 heavy (non-hydrogen) atoms. The number of rotatable bonds is 7. The second-order valence-corrected chi connectivity index (χ2v) is 8.14. The van der Waals surface area contributed by atoms with Crippen LogP contribution < -0.4 is 20.1 Å². The molecule has 2 heterocycles. The molecule has 0 spiro atoms. The van der Waals surface area contributed by atoms with Gasteiger partial charge in [-0.15, -0.1) is 0 Å². The maximum Gasteiger partial charge on any atom is 0.325 e. The molecule has 0 saturated carbocycles. The first-order valence-electron chi connectivity index (χ1n) is 10.2. The van der Waals surface area contributed by atoms with Crippen molar-refractivity contribution in [1.82, 2.24) is 15.5 Å². The quantitative estimate of drug-likeness (QED) is 0.613. The fourth-order valence-electron chi connectivity index (χ4n) is 2.71. The summed E-state index contributed by atoms with van der Waals surface area (Å²) in [6.07, 6.45) is 0.920. The number of urea groups is 1. The SMILES string of the molecule is CC(C)(C)c1noc(CCCC(=O)OCC(=O)NC(=O)Nc2ccc3c(c2)OCCO3)n1. The first kappa shape index (κ1) is 23.0. The average molecular weight is 446 g/mol.